The number of carbonyl (C=O) groups is 3. The van der Waals surface area contributed by atoms with Gasteiger partial charge in [-0.1, -0.05) is 13.8 Å². The smallest absolute Gasteiger partial charge is 0.326 e. The van der Waals surface area contributed by atoms with Gasteiger partial charge in [0.2, 0.25) is 0 Å². The molecule has 0 bridgehead atoms. The van der Waals surface area contributed by atoms with Crippen LogP contribution in [0.4, 0.5) is 0 Å². The van der Waals surface area contributed by atoms with Gasteiger partial charge in [0.05, 0.1) is 0 Å². The minimum absolute atomic E-state index is 0.0693. The molecular formula is C13H17NO5. The molecule has 0 aromatic carbocycles. The average molecular weight is 267 g/mol. The van der Waals surface area contributed by atoms with Gasteiger partial charge in [-0.15, -0.1) is 0 Å². The predicted molar refractivity (Wildman–Crippen MR) is 67.1 cm³/mol. The Kier molecular flexibility index (Phi) is 4.86. The Hall–Kier alpha value is -2.11. The molecular weight excluding hydrogens is 250 g/mol. The van der Waals surface area contributed by atoms with Crippen molar-refractivity contribution in [1.29, 1.82) is 0 Å². The number of amides is 1. The second kappa shape index (κ2) is 6.17. The second-order valence-electron chi connectivity index (χ2n) is 4.71. The van der Waals surface area contributed by atoms with Crippen LogP contribution in [0.5, 0.6) is 0 Å². The maximum absolute atomic E-state index is 11.8. The molecule has 0 aliphatic carbocycles. The zero-order chi connectivity index (χ0) is 14.6. The van der Waals surface area contributed by atoms with Crippen LogP contribution < -0.4 is 5.32 Å². The van der Waals surface area contributed by atoms with Gasteiger partial charge in [-0.2, -0.15) is 0 Å². The van der Waals surface area contributed by atoms with E-state index in [-0.39, 0.29) is 23.2 Å². The first kappa shape index (κ1) is 14.9. The quantitative estimate of drug-likeness (QED) is 0.765. The largest absolute Gasteiger partial charge is 0.480 e. The molecule has 2 N–H and O–H groups in total. The van der Waals surface area contributed by atoms with Gasteiger partial charge in [-0.25, -0.2) is 4.79 Å². The van der Waals surface area contributed by atoms with Crippen molar-refractivity contribution in [3.8, 4) is 0 Å². The van der Waals surface area contributed by atoms with E-state index in [9.17, 15) is 14.4 Å². The summed E-state index contributed by atoms with van der Waals surface area (Å²) >= 11 is 0. The average Bonchev–Trinajstić information content (AvgIpc) is 2.76. The standard InChI is InChI=1S/C13H17NO5/c1-7(2)6-9(13(17)18)14-12(16)11-5-4-10(19-11)8(3)15/h4-5,7,9H,6H2,1-3H3,(H,14,16)(H,17,18). The van der Waals surface area contributed by atoms with Gasteiger partial charge < -0.3 is 14.8 Å². The number of Topliss-reactive ketones (excluding diaryl/α,β-unsaturated/α-hetero) is 1. The molecule has 19 heavy (non-hydrogen) atoms. The Morgan fingerprint density at radius 1 is 1.26 bits per heavy atom. The van der Waals surface area contributed by atoms with Gasteiger partial charge in [0.15, 0.2) is 17.3 Å². The number of hydrogen-bond acceptors (Lipinski definition) is 4. The van der Waals surface area contributed by atoms with E-state index >= 15 is 0 Å². The molecule has 1 heterocycles. The lowest BCUT2D eigenvalue weighted by molar-refractivity contribution is -0.139. The van der Waals surface area contributed by atoms with Crippen LogP contribution in [-0.4, -0.2) is 28.8 Å². The molecule has 0 saturated carbocycles. The van der Waals surface area contributed by atoms with E-state index in [1.54, 1.807) is 0 Å². The Labute approximate surface area is 110 Å². The number of carboxylic acid groups (broad SMARTS) is 1. The third-order valence-electron chi connectivity index (χ3n) is 2.49. The number of ketones is 1. The first-order chi connectivity index (χ1) is 8.81. The van der Waals surface area contributed by atoms with Crippen LogP contribution in [0.15, 0.2) is 16.5 Å². The van der Waals surface area contributed by atoms with Crippen LogP contribution in [0.3, 0.4) is 0 Å². The highest BCUT2D eigenvalue weighted by Crippen LogP contribution is 2.10. The summed E-state index contributed by atoms with van der Waals surface area (Å²) in [5, 5.41) is 11.4. The van der Waals surface area contributed by atoms with Crippen molar-refractivity contribution in [2.45, 2.75) is 33.2 Å². The molecule has 6 nitrogen and oxygen atoms in total. The highest BCUT2D eigenvalue weighted by molar-refractivity contribution is 5.96. The first-order valence-electron chi connectivity index (χ1n) is 5.95. The van der Waals surface area contributed by atoms with Gasteiger partial charge in [-0.05, 0) is 24.5 Å². The van der Waals surface area contributed by atoms with Gasteiger partial charge in [-0.3, -0.25) is 9.59 Å². The molecule has 0 aliphatic rings. The predicted octanol–water partition coefficient (Wildman–Crippen LogP) is 1.71. The zero-order valence-corrected chi connectivity index (χ0v) is 11.1. The Morgan fingerprint density at radius 3 is 2.26 bits per heavy atom. The number of hydrogen-bond donors (Lipinski definition) is 2. The topological polar surface area (TPSA) is 96.6 Å². The molecule has 1 aromatic rings. The highest BCUT2D eigenvalue weighted by Gasteiger charge is 2.23. The van der Waals surface area contributed by atoms with E-state index in [0.717, 1.165) is 0 Å². The molecule has 1 rings (SSSR count). The molecule has 1 unspecified atom stereocenters. The zero-order valence-electron chi connectivity index (χ0n) is 11.1. The SMILES string of the molecule is CC(=O)c1ccc(C(=O)NC(CC(C)C)C(=O)O)o1. The van der Waals surface area contributed by atoms with Gasteiger partial charge in [0, 0.05) is 6.92 Å². The summed E-state index contributed by atoms with van der Waals surface area (Å²) in [6.07, 6.45) is 0.321. The molecule has 0 saturated heterocycles. The molecule has 1 aromatic heterocycles. The third kappa shape index (κ3) is 4.24. The van der Waals surface area contributed by atoms with E-state index < -0.39 is 17.9 Å². The van der Waals surface area contributed by atoms with E-state index in [4.69, 9.17) is 9.52 Å². The van der Waals surface area contributed by atoms with Gasteiger partial charge in [0.1, 0.15) is 6.04 Å². The van der Waals surface area contributed by atoms with Crippen molar-refractivity contribution in [1.82, 2.24) is 5.32 Å². The number of aliphatic carboxylic acids is 1. The van der Waals surface area contributed by atoms with Crippen LogP contribution in [0.25, 0.3) is 0 Å². The minimum Gasteiger partial charge on any atom is -0.480 e. The van der Waals surface area contributed by atoms with Crippen LogP contribution in [0.2, 0.25) is 0 Å². The van der Waals surface area contributed by atoms with Crippen molar-refractivity contribution in [3.63, 3.8) is 0 Å². The number of carboxylic acids is 1. The van der Waals surface area contributed by atoms with Crippen molar-refractivity contribution in [3.05, 3.63) is 23.7 Å². The van der Waals surface area contributed by atoms with Crippen LogP contribution in [0, 0.1) is 5.92 Å². The maximum Gasteiger partial charge on any atom is 0.326 e. The summed E-state index contributed by atoms with van der Waals surface area (Å²) in [4.78, 5) is 33.9. The second-order valence-corrected chi connectivity index (χ2v) is 4.71. The first-order valence-corrected chi connectivity index (χ1v) is 5.95. The Bertz CT molecular complexity index is 489. The number of carbonyl (C=O) groups excluding carboxylic acids is 2. The van der Waals surface area contributed by atoms with Crippen molar-refractivity contribution >= 4 is 17.7 Å². The van der Waals surface area contributed by atoms with Crippen molar-refractivity contribution in [2.24, 2.45) is 5.92 Å². The summed E-state index contributed by atoms with van der Waals surface area (Å²) < 4.78 is 5.04. The summed E-state index contributed by atoms with van der Waals surface area (Å²) in [6.45, 7) is 5.05. The van der Waals surface area contributed by atoms with Crippen molar-refractivity contribution in [2.75, 3.05) is 0 Å². The number of rotatable bonds is 6. The molecule has 1 atom stereocenters. The Balaban J connectivity index is 2.75. The molecule has 6 heteroatoms. The molecule has 0 spiro atoms. The normalized spacial score (nSPS) is 12.2. The fraction of sp³-hybridized carbons (Fsp3) is 0.462. The van der Waals surface area contributed by atoms with E-state index in [0.29, 0.717) is 6.42 Å². The molecule has 104 valence electrons. The summed E-state index contributed by atoms with van der Waals surface area (Å²) in [5.41, 5.74) is 0. The molecule has 0 radical (unpaired) electrons. The summed E-state index contributed by atoms with van der Waals surface area (Å²) in [7, 11) is 0. The fourth-order valence-corrected chi connectivity index (χ4v) is 1.57. The van der Waals surface area contributed by atoms with Gasteiger partial charge in [0.25, 0.3) is 5.91 Å². The minimum atomic E-state index is -1.10. The number of furan rings is 1. The summed E-state index contributed by atoms with van der Waals surface area (Å²) in [5.74, 6) is -1.90. The van der Waals surface area contributed by atoms with Gasteiger partial charge >= 0.3 is 5.97 Å². The molecule has 1 amide bonds. The van der Waals surface area contributed by atoms with Crippen LogP contribution >= 0.6 is 0 Å². The Morgan fingerprint density at radius 2 is 1.84 bits per heavy atom. The van der Waals surface area contributed by atoms with E-state index in [2.05, 4.69) is 5.32 Å². The molecule has 0 fully saturated rings. The lowest BCUT2D eigenvalue weighted by atomic mass is 10.0. The van der Waals surface area contributed by atoms with E-state index in [1.807, 2.05) is 13.8 Å². The van der Waals surface area contributed by atoms with Crippen molar-refractivity contribution < 1.29 is 23.9 Å². The third-order valence-corrected chi connectivity index (χ3v) is 2.49. The number of nitrogens with one attached hydrogen (secondary N) is 1. The monoisotopic (exact) mass is 267 g/mol. The fourth-order valence-electron chi connectivity index (χ4n) is 1.57. The lowest BCUT2D eigenvalue weighted by Gasteiger charge is -2.15. The van der Waals surface area contributed by atoms with E-state index in [1.165, 1.54) is 19.1 Å². The lowest BCUT2D eigenvalue weighted by Crippen LogP contribution is -2.41. The highest BCUT2D eigenvalue weighted by atomic mass is 16.4. The van der Waals surface area contributed by atoms with Crippen LogP contribution in [-0.2, 0) is 4.79 Å². The molecule has 0 aliphatic heterocycles. The van der Waals surface area contributed by atoms with Crippen LogP contribution in [0.1, 0.15) is 48.3 Å². The summed E-state index contributed by atoms with van der Waals surface area (Å²) in [6, 6.07) is 1.76. The maximum atomic E-state index is 11.8.